The monoisotopic (exact) mass is 185 g/mol. The van der Waals surface area contributed by atoms with Gasteiger partial charge >= 0.3 is 5.69 Å². The zero-order valence-corrected chi connectivity index (χ0v) is 7.14. The summed E-state index contributed by atoms with van der Waals surface area (Å²) in [7, 11) is 1.50. The molecule has 0 aliphatic heterocycles. The summed E-state index contributed by atoms with van der Waals surface area (Å²) in [5.74, 6) is 0. The molecule has 0 saturated heterocycles. The number of thiocarbonyl (C=S) groups is 1. The minimum Gasteiger partial charge on any atom is -0.389 e. The summed E-state index contributed by atoms with van der Waals surface area (Å²) < 4.78 is 1.20. The van der Waals surface area contributed by atoms with Crippen LogP contribution in [0.4, 0.5) is 0 Å². The van der Waals surface area contributed by atoms with Crippen LogP contribution in [0.3, 0.4) is 0 Å². The van der Waals surface area contributed by atoms with Crippen molar-refractivity contribution in [2.45, 2.75) is 0 Å². The predicted molar refractivity (Wildman–Crippen MR) is 48.2 cm³/mol. The maximum absolute atomic E-state index is 11.0. The van der Waals surface area contributed by atoms with Crippen molar-refractivity contribution in [1.82, 2.24) is 9.55 Å². The molecule has 1 heterocycles. The zero-order valence-electron chi connectivity index (χ0n) is 6.33. The highest BCUT2D eigenvalue weighted by Crippen LogP contribution is 1.84. The third kappa shape index (κ3) is 1.42. The molecule has 0 saturated carbocycles. The van der Waals surface area contributed by atoms with Gasteiger partial charge in [0.2, 0.25) is 0 Å². The number of aryl methyl sites for hydroxylation is 1. The molecule has 0 radical (unpaired) electrons. The number of hydrogen-bond donors (Lipinski definition) is 2. The molecule has 0 bridgehead atoms. The number of rotatable bonds is 1. The molecule has 1 rings (SSSR count). The summed E-state index contributed by atoms with van der Waals surface area (Å²) in [5.41, 5.74) is 4.34. The topological polar surface area (TPSA) is 80.9 Å². The van der Waals surface area contributed by atoms with E-state index in [2.05, 4.69) is 17.2 Å². The van der Waals surface area contributed by atoms with Crippen LogP contribution < -0.4 is 17.0 Å². The molecule has 0 amide bonds. The molecule has 0 unspecified atom stereocenters. The smallest absolute Gasteiger partial charge is 0.328 e. The first kappa shape index (κ1) is 8.66. The van der Waals surface area contributed by atoms with Crippen LogP contribution in [0.25, 0.3) is 0 Å². The SMILES string of the molecule is Cn1cc(C(N)=S)c(=O)[nH]c1=O. The fourth-order valence-corrected chi connectivity index (χ4v) is 0.884. The highest BCUT2D eigenvalue weighted by Gasteiger charge is 2.03. The van der Waals surface area contributed by atoms with E-state index in [1.54, 1.807) is 0 Å². The number of hydrogen-bond acceptors (Lipinski definition) is 3. The molecule has 64 valence electrons. The van der Waals surface area contributed by atoms with Gasteiger partial charge in [-0.1, -0.05) is 12.2 Å². The summed E-state index contributed by atoms with van der Waals surface area (Å²) in [6, 6.07) is 0. The molecule has 0 aliphatic rings. The molecular formula is C6H7N3O2S. The average molecular weight is 185 g/mol. The molecular weight excluding hydrogens is 178 g/mol. The van der Waals surface area contributed by atoms with E-state index in [-0.39, 0.29) is 10.6 Å². The Hall–Kier alpha value is -1.43. The molecule has 1 aromatic rings. The summed E-state index contributed by atoms with van der Waals surface area (Å²) >= 11 is 4.59. The number of H-pyrrole nitrogens is 1. The summed E-state index contributed by atoms with van der Waals surface area (Å²) in [6.07, 6.45) is 1.31. The van der Waals surface area contributed by atoms with Gasteiger partial charge in [0.15, 0.2) is 0 Å². The van der Waals surface area contributed by atoms with Crippen molar-refractivity contribution in [3.05, 3.63) is 32.6 Å². The fraction of sp³-hybridized carbons (Fsp3) is 0.167. The van der Waals surface area contributed by atoms with E-state index < -0.39 is 11.2 Å². The second-order valence-corrected chi connectivity index (χ2v) is 2.72. The van der Waals surface area contributed by atoms with Gasteiger partial charge in [-0.05, 0) is 0 Å². The van der Waals surface area contributed by atoms with E-state index >= 15 is 0 Å². The largest absolute Gasteiger partial charge is 0.389 e. The van der Waals surface area contributed by atoms with Gasteiger partial charge in [0, 0.05) is 13.2 Å². The summed E-state index contributed by atoms with van der Waals surface area (Å²) in [4.78, 5) is 23.9. The van der Waals surface area contributed by atoms with E-state index in [9.17, 15) is 9.59 Å². The van der Waals surface area contributed by atoms with Crippen LogP contribution in [0.5, 0.6) is 0 Å². The first-order chi connectivity index (χ1) is 5.52. The van der Waals surface area contributed by atoms with Crippen LogP contribution in [0, 0.1) is 0 Å². The molecule has 0 fully saturated rings. The molecule has 1 aromatic heterocycles. The highest BCUT2D eigenvalue weighted by molar-refractivity contribution is 7.80. The van der Waals surface area contributed by atoms with Crippen LogP contribution in [-0.4, -0.2) is 14.5 Å². The second kappa shape index (κ2) is 2.90. The van der Waals surface area contributed by atoms with Crippen LogP contribution in [0.1, 0.15) is 5.56 Å². The quantitative estimate of drug-likeness (QED) is 0.533. The molecule has 6 heteroatoms. The number of nitrogens with one attached hydrogen (secondary N) is 1. The first-order valence-electron chi connectivity index (χ1n) is 3.12. The second-order valence-electron chi connectivity index (χ2n) is 2.28. The summed E-state index contributed by atoms with van der Waals surface area (Å²) in [5, 5.41) is 0. The maximum atomic E-state index is 11.0. The van der Waals surface area contributed by atoms with E-state index in [1.165, 1.54) is 17.8 Å². The van der Waals surface area contributed by atoms with Crippen molar-refractivity contribution in [3.63, 3.8) is 0 Å². The third-order valence-electron chi connectivity index (χ3n) is 1.37. The molecule has 0 aliphatic carbocycles. The van der Waals surface area contributed by atoms with Crippen molar-refractivity contribution in [1.29, 1.82) is 0 Å². The van der Waals surface area contributed by atoms with Gasteiger partial charge in [0.25, 0.3) is 5.56 Å². The van der Waals surface area contributed by atoms with Crippen LogP contribution in [0.15, 0.2) is 15.8 Å². The zero-order chi connectivity index (χ0) is 9.30. The Kier molecular flexibility index (Phi) is 2.09. The van der Waals surface area contributed by atoms with Gasteiger partial charge in [-0.2, -0.15) is 0 Å². The Morgan fingerprint density at radius 3 is 2.75 bits per heavy atom. The lowest BCUT2D eigenvalue weighted by atomic mass is 10.3. The molecule has 12 heavy (non-hydrogen) atoms. The number of nitrogens with zero attached hydrogens (tertiary/aromatic N) is 1. The lowest BCUT2D eigenvalue weighted by Gasteiger charge is -1.98. The molecule has 5 nitrogen and oxygen atoms in total. The van der Waals surface area contributed by atoms with Gasteiger partial charge in [0.1, 0.15) is 4.99 Å². The van der Waals surface area contributed by atoms with Crippen molar-refractivity contribution in [3.8, 4) is 0 Å². The number of aromatic amines is 1. The Morgan fingerprint density at radius 2 is 2.25 bits per heavy atom. The Labute approximate surface area is 72.8 Å². The van der Waals surface area contributed by atoms with Crippen molar-refractivity contribution in [2.24, 2.45) is 12.8 Å². The van der Waals surface area contributed by atoms with E-state index in [4.69, 9.17) is 5.73 Å². The van der Waals surface area contributed by atoms with E-state index in [0.29, 0.717) is 0 Å². The van der Waals surface area contributed by atoms with Crippen molar-refractivity contribution >= 4 is 17.2 Å². The molecule has 0 aromatic carbocycles. The Bertz CT molecular complexity index is 431. The average Bonchev–Trinajstić information content (AvgIpc) is 1.96. The minimum atomic E-state index is -0.550. The Morgan fingerprint density at radius 1 is 1.67 bits per heavy atom. The molecule has 0 atom stereocenters. The number of aromatic nitrogens is 2. The van der Waals surface area contributed by atoms with Gasteiger partial charge < -0.3 is 10.3 Å². The van der Waals surface area contributed by atoms with Gasteiger partial charge in [-0.3, -0.25) is 9.78 Å². The van der Waals surface area contributed by atoms with E-state index in [1.807, 2.05) is 0 Å². The molecule has 3 N–H and O–H groups in total. The predicted octanol–water partition coefficient (Wildman–Crippen LogP) is -1.29. The van der Waals surface area contributed by atoms with Crippen molar-refractivity contribution < 1.29 is 0 Å². The molecule has 0 spiro atoms. The standard InChI is InChI=1S/C6H7N3O2S/c1-9-2-3(4(7)12)5(10)8-6(9)11/h2H,1H3,(H2,7,12)(H,8,10,11). The Balaban J connectivity index is 3.54. The minimum absolute atomic E-state index is 0.0214. The van der Waals surface area contributed by atoms with Crippen molar-refractivity contribution in [2.75, 3.05) is 0 Å². The highest BCUT2D eigenvalue weighted by atomic mass is 32.1. The third-order valence-corrected chi connectivity index (χ3v) is 1.59. The number of nitrogens with two attached hydrogens (primary N) is 1. The lowest BCUT2D eigenvalue weighted by Crippen LogP contribution is -2.33. The lowest BCUT2D eigenvalue weighted by molar-refractivity contribution is 0.797. The van der Waals surface area contributed by atoms with E-state index in [0.717, 1.165) is 0 Å². The van der Waals surface area contributed by atoms with Crippen LogP contribution >= 0.6 is 12.2 Å². The van der Waals surface area contributed by atoms with Gasteiger partial charge in [-0.15, -0.1) is 0 Å². The maximum Gasteiger partial charge on any atom is 0.328 e. The fourth-order valence-electron chi connectivity index (χ4n) is 0.739. The normalized spacial score (nSPS) is 9.75. The van der Waals surface area contributed by atoms with Gasteiger partial charge in [0.05, 0.1) is 5.56 Å². The first-order valence-corrected chi connectivity index (χ1v) is 3.53. The van der Waals surface area contributed by atoms with Crippen LogP contribution in [0.2, 0.25) is 0 Å². The van der Waals surface area contributed by atoms with Crippen LogP contribution in [-0.2, 0) is 7.05 Å². The summed E-state index contributed by atoms with van der Waals surface area (Å²) in [6.45, 7) is 0. The van der Waals surface area contributed by atoms with Gasteiger partial charge in [-0.25, -0.2) is 4.79 Å².